The Kier molecular flexibility index (Phi) is 4.74. The SMILES string of the molecule is Cc1cccc(-c2ccc3c(-c4ccccc4)c4ccccc4c(-c4ccccc4)c3c2)n1. The van der Waals surface area contributed by atoms with Crippen LogP contribution >= 0.6 is 0 Å². The zero-order valence-corrected chi connectivity index (χ0v) is 18.5. The fourth-order valence-electron chi connectivity index (χ4n) is 4.87. The minimum atomic E-state index is 1.00. The van der Waals surface area contributed by atoms with Crippen LogP contribution in [0.15, 0.2) is 121 Å². The highest BCUT2D eigenvalue weighted by atomic mass is 14.7. The first-order valence-corrected chi connectivity index (χ1v) is 11.3. The molecule has 0 radical (unpaired) electrons. The Labute approximate surface area is 194 Å². The molecule has 0 spiro atoms. The third-order valence-corrected chi connectivity index (χ3v) is 6.33. The number of aryl methyl sites for hydroxylation is 1. The van der Waals surface area contributed by atoms with Crippen LogP contribution < -0.4 is 0 Å². The van der Waals surface area contributed by atoms with Gasteiger partial charge in [0.05, 0.1) is 5.69 Å². The molecule has 33 heavy (non-hydrogen) atoms. The van der Waals surface area contributed by atoms with E-state index in [1.165, 1.54) is 43.8 Å². The van der Waals surface area contributed by atoms with Gasteiger partial charge >= 0.3 is 0 Å². The summed E-state index contributed by atoms with van der Waals surface area (Å²) in [6.45, 7) is 2.04. The molecule has 0 aliphatic heterocycles. The van der Waals surface area contributed by atoms with Crippen molar-refractivity contribution in [3.63, 3.8) is 0 Å². The third kappa shape index (κ3) is 3.39. The molecule has 0 fully saturated rings. The summed E-state index contributed by atoms with van der Waals surface area (Å²) in [4.78, 5) is 4.80. The van der Waals surface area contributed by atoms with Crippen LogP contribution in [0.25, 0.3) is 55.1 Å². The van der Waals surface area contributed by atoms with Crippen molar-refractivity contribution in [2.24, 2.45) is 0 Å². The van der Waals surface area contributed by atoms with Crippen LogP contribution in [0, 0.1) is 6.92 Å². The lowest BCUT2D eigenvalue weighted by Gasteiger charge is -2.18. The minimum Gasteiger partial charge on any atom is -0.253 e. The minimum absolute atomic E-state index is 1.00. The molecular formula is C32H23N. The topological polar surface area (TPSA) is 12.9 Å². The van der Waals surface area contributed by atoms with Gasteiger partial charge in [-0.2, -0.15) is 0 Å². The summed E-state index contributed by atoms with van der Waals surface area (Å²) >= 11 is 0. The van der Waals surface area contributed by atoms with E-state index in [2.05, 4.69) is 115 Å². The number of fused-ring (bicyclic) bond motifs is 2. The second-order valence-corrected chi connectivity index (χ2v) is 8.45. The molecule has 0 aliphatic rings. The lowest BCUT2D eigenvalue weighted by molar-refractivity contribution is 1.21. The molecule has 0 N–H and O–H groups in total. The van der Waals surface area contributed by atoms with Crippen molar-refractivity contribution >= 4 is 21.5 Å². The van der Waals surface area contributed by atoms with Gasteiger partial charge in [0, 0.05) is 11.3 Å². The van der Waals surface area contributed by atoms with Gasteiger partial charge in [-0.15, -0.1) is 0 Å². The van der Waals surface area contributed by atoms with E-state index in [-0.39, 0.29) is 0 Å². The van der Waals surface area contributed by atoms with Gasteiger partial charge in [0.1, 0.15) is 0 Å². The van der Waals surface area contributed by atoms with E-state index >= 15 is 0 Å². The Morgan fingerprint density at radius 2 is 0.970 bits per heavy atom. The van der Waals surface area contributed by atoms with Gasteiger partial charge in [0.2, 0.25) is 0 Å². The number of benzene rings is 5. The average Bonchev–Trinajstić information content (AvgIpc) is 2.88. The van der Waals surface area contributed by atoms with Crippen LogP contribution in [-0.4, -0.2) is 4.98 Å². The van der Waals surface area contributed by atoms with E-state index in [9.17, 15) is 0 Å². The van der Waals surface area contributed by atoms with E-state index in [4.69, 9.17) is 4.98 Å². The van der Waals surface area contributed by atoms with E-state index in [0.29, 0.717) is 0 Å². The highest BCUT2D eigenvalue weighted by Crippen LogP contribution is 2.44. The van der Waals surface area contributed by atoms with Crippen molar-refractivity contribution in [1.82, 2.24) is 4.98 Å². The van der Waals surface area contributed by atoms with Gasteiger partial charge < -0.3 is 0 Å². The Bertz CT molecular complexity index is 1600. The summed E-state index contributed by atoms with van der Waals surface area (Å²) in [6.07, 6.45) is 0. The third-order valence-electron chi connectivity index (χ3n) is 6.33. The molecule has 0 unspecified atom stereocenters. The molecule has 1 heteroatoms. The molecule has 1 aromatic heterocycles. The molecule has 6 rings (SSSR count). The number of hydrogen-bond donors (Lipinski definition) is 0. The number of pyridine rings is 1. The zero-order valence-electron chi connectivity index (χ0n) is 18.5. The van der Waals surface area contributed by atoms with E-state index in [1.54, 1.807) is 0 Å². The molecular weight excluding hydrogens is 398 g/mol. The fraction of sp³-hybridized carbons (Fsp3) is 0.0312. The Hall–Kier alpha value is -4.23. The van der Waals surface area contributed by atoms with Crippen LogP contribution in [0.4, 0.5) is 0 Å². The van der Waals surface area contributed by atoms with Crippen molar-refractivity contribution in [2.45, 2.75) is 6.92 Å². The van der Waals surface area contributed by atoms with Crippen molar-refractivity contribution in [1.29, 1.82) is 0 Å². The molecule has 6 aromatic rings. The highest BCUT2D eigenvalue weighted by molar-refractivity contribution is 6.21. The van der Waals surface area contributed by atoms with Gasteiger partial charge in [0.25, 0.3) is 0 Å². The van der Waals surface area contributed by atoms with Crippen molar-refractivity contribution < 1.29 is 0 Å². The van der Waals surface area contributed by atoms with Gasteiger partial charge in [-0.1, -0.05) is 103 Å². The molecule has 0 bridgehead atoms. The number of rotatable bonds is 3. The Morgan fingerprint density at radius 3 is 1.58 bits per heavy atom. The predicted octanol–water partition coefficient (Wildman–Crippen LogP) is 8.70. The predicted molar refractivity (Wildman–Crippen MR) is 140 cm³/mol. The van der Waals surface area contributed by atoms with Crippen LogP contribution in [0.1, 0.15) is 5.69 Å². The standard InChI is InChI=1S/C32H23N/c1-22-11-10-18-30(33-22)25-19-20-28-29(21-25)32(24-14-6-3-7-15-24)27-17-9-8-16-26(27)31(28)23-12-4-2-5-13-23/h2-21H,1H3. The molecule has 1 heterocycles. The molecule has 5 aromatic carbocycles. The Morgan fingerprint density at radius 1 is 0.424 bits per heavy atom. The second-order valence-electron chi connectivity index (χ2n) is 8.45. The molecule has 0 saturated heterocycles. The van der Waals surface area contributed by atoms with Crippen LogP contribution in [-0.2, 0) is 0 Å². The molecule has 0 amide bonds. The van der Waals surface area contributed by atoms with Crippen molar-refractivity contribution in [3.8, 4) is 33.5 Å². The van der Waals surface area contributed by atoms with Crippen LogP contribution in [0.3, 0.4) is 0 Å². The first-order valence-electron chi connectivity index (χ1n) is 11.3. The van der Waals surface area contributed by atoms with Crippen molar-refractivity contribution in [2.75, 3.05) is 0 Å². The maximum absolute atomic E-state index is 4.80. The van der Waals surface area contributed by atoms with Crippen LogP contribution in [0.5, 0.6) is 0 Å². The quantitative estimate of drug-likeness (QED) is 0.260. The monoisotopic (exact) mass is 421 g/mol. The number of aromatic nitrogens is 1. The molecule has 0 aliphatic carbocycles. The van der Waals surface area contributed by atoms with Gasteiger partial charge in [-0.3, -0.25) is 4.98 Å². The molecule has 1 nitrogen and oxygen atoms in total. The maximum atomic E-state index is 4.80. The largest absolute Gasteiger partial charge is 0.253 e. The first-order chi connectivity index (χ1) is 16.3. The molecule has 0 atom stereocenters. The van der Waals surface area contributed by atoms with Crippen molar-refractivity contribution in [3.05, 3.63) is 127 Å². The fourth-order valence-corrected chi connectivity index (χ4v) is 4.87. The van der Waals surface area contributed by atoms with E-state index in [0.717, 1.165) is 17.0 Å². The lowest BCUT2D eigenvalue weighted by Crippen LogP contribution is -1.92. The summed E-state index contributed by atoms with van der Waals surface area (Å²) in [5.74, 6) is 0. The first kappa shape index (κ1) is 19.5. The average molecular weight is 422 g/mol. The summed E-state index contributed by atoms with van der Waals surface area (Å²) in [5.41, 5.74) is 8.19. The normalized spacial score (nSPS) is 11.2. The van der Waals surface area contributed by atoms with Gasteiger partial charge in [0.15, 0.2) is 0 Å². The summed E-state index contributed by atoms with van der Waals surface area (Å²) < 4.78 is 0. The van der Waals surface area contributed by atoms with Crippen LogP contribution in [0.2, 0.25) is 0 Å². The molecule has 0 saturated carbocycles. The zero-order chi connectivity index (χ0) is 22.2. The number of hydrogen-bond acceptors (Lipinski definition) is 1. The summed E-state index contributed by atoms with van der Waals surface area (Å²) in [7, 11) is 0. The lowest BCUT2D eigenvalue weighted by atomic mass is 9.85. The second kappa shape index (κ2) is 8.03. The van der Waals surface area contributed by atoms with E-state index < -0.39 is 0 Å². The smallest absolute Gasteiger partial charge is 0.0705 e. The maximum Gasteiger partial charge on any atom is 0.0705 e. The van der Waals surface area contributed by atoms with Gasteiger partial charge in [-0.05, 0) is 68.9 Å². The van der Waals surface area contributed by atoms with E-state index in [1.807, 2.05) is 13.0 Å². The van der Waals surface area contributed by atoms with Gasteiger partial charge in [-0.25, -0.2) is 0 Å². The summed E-state index contributed by atoms with van der Waals surface area (Å²) in [6, 6.07) is 43.3. The Balaban J connectivity index is 1.79. The number of nitrogens with zero attached hydrogens (tertiary/aromatic N) is 1. The summed E-state index contributed by atoms with van der Waals surface area (Å²) in [5, 5.41) is 5.05. The molecule has 156 valence electrons. The highest BCUT2D eigenvalue weighted by Gasteiger charge is 2.17.